The second kappa shape index (κ2) is 2.62. The van der Waals surface area contributed by atoms with Crippen molar-refractivity contribution in [3.63, 3.8) is 0 Å². The number of carbonyl (C=O) groups excluding carboxylic acids is 1. The number of Topliss-reactive ketones (excluding diaryl/α,β-unsaturated/α-hetero) is 1. The van der Waals surface area contributed by atoms with E-state index in [4.69, 9.17) is 0 Å². The summed E-state index contributed by atoms with van der Waals surface area (Å²) in [4.78, 5) is 11.6. The van der Waals surface area contributed by atoms with E-state index in [0.717, 1.165) is 12.3 Å². The van der Waals surface area contributed by atoms with E-state index in [1.807, 2.05) is 0 Å². The lowest BCUT2D eigenvalue weighted by molar-refractivity contribution is -0.125. The van der Waals surface area contributed by atoms with Crippen LogP contribution >= 0.6 is 0 Å². The van der Waals surface area contributed by atoms with Crippen LogP contribution in [-0.4, -0.2) is 5.78 Å². The molecule has 2 rings (SSSR count). The first-order valence-electron chi connectivity index (χ1n) is 4.86. The van der Waals surface area contributed by atoms with Gasteiger partial charge in [0, 0.05) is 11.8 Å². The Bertz CT molecular complexity index is 174. The van der Waals surface area contributed by atoms with Crippen LogP contribution in [0.3, 0.4) is 0 Å². The van der Waals surface area contributed by atoms with Gasteiger partial charge >= 0.3 is 0 Å². The molecule has 0 aromatic rings. The van der Waals surface area contributed by atoms with Crippen molar-refractivity contribution in [1.29, 1.82) is 0 Å². The zero-order chi connectivity index (χ0) is 7.84. The van der Waals surface area contributed by atoms with E-state index in [9.17, 15) is 4.79 Å². The Morgan fingerprint density at radius 2 is 2.27 bits per heavy atom. The SMILES string of the molecule is CCCC1C(=O)C2CCC1C2. The van der Waals surface area contributed by atoms with Gasteiger partial charge in [-0.2, -0.15) is 0 Å². The Morgan fingerprint density at radius 3 is 2.82 bits per heavy atom. The Hall–Kier alpha value is -0.330. The Labute approximate surface area is 68.2 Å². The topological polar surface area (TPSA) is 17.1 Å². The first kappa shape index (κ1) is 7.33. The van der Waals surface area contributed by atoms with Crippen molar-refractivity contribution in [2.24, 2.45) is 17.8 Å². The Balaban J connectivity index is 2.05. The van der Waals surface area contributed by atoms with Crippen LogP contribution in [0.4, 0.5) is 0 Å². The van der Waals surface area contributed by atoms with E-state index in [1.54, 1.807) is 0 Å². The molecule has 0 aromatic heterocycles. The minimum Gasteiger partial charge on any atom is -0.299 e. The molecule has 2 aliphatic rings. The molecule has 1 nitrogen and oxygen atoms in total. The van der Waals surface area contributed by atoms with E-state index < -0.39 is 0 Å². The number of fused-ring (bicyclic) bond motifs is 2. The van der Waals surface area contributed by atoms with Crippen LogP contribution in [-0.2, 0) is 4.79 Å². The van der Waals surface area contributed by atoms with Gasteiger partial charge in [0.05, 0.1) is 0 Å². The summed E-state index contributed by atoms with van der Waals surface area (Å²) < 4.78 is 0. The summed E-state index contributed by atoms with van der Waals surface area (Å²) in [7, 11) is 0. The molecule has 0 radical (unpaired) electrons. The first-order chi connectivity index (χ1) is 5.33. The number of carbonyl (C=O) groups is 1. The van der Waals surface area contributed by atoms with Crippen LogP contribution in [0.15, 0.2) is 0 Å². The maximum Gasteiger partial charge on any atom is 0.139 e. The van der Waals surface area contributed by atoms with Gasteiger partial charge in [-0.25, -0.2) is 0 Å². The fourth-order valence-electron chi connectivity index (χ4n) is 2.86. The van der Waals surface area contributed by atoms with Gasteiger partial charge in [-0.1, -0.05) is 13.3 Å². The van der Waals surface area contributed by atoms with E-state index >= 15 is 0 Å². The molecule has 1 heteroatoms. The van der Waals surface area contributed by atoms with Crippen molar-refractivity contribution in [1.82, 2.24) is 0 Å². The molecule has 62 valence electrons. The van der Waals surface area contributed by atoms with Gasteiger partial charge in [-0.15, -0.1) is 0 Å². The van der Waals surface area contributed by atoms with Crippen LogP contribution < -0.4 is 0 Å². The molecule has 3 atom stereocenters. The van der Waals surface area contributed by atoms with Crippen LogP contribution in [0.2, 0.25) is 0 Å². The molecule has 3 unspecified atom stereocenters. The van der Waals surface area contributed by atoms with Gasteiger partial charge in [0.15, 0.2) is 0 Å². The van der Waals surface area contributed by atoms with Crippen molar-refractivity contribution < 1.29 is 4.79 Å². The van der Waals surface area contributed by atoms with E-state index in [1.165, 1.54) is 25.7 Å². The summed E-state index contributed by atoms with van der Waals surface area (Å²) in [5.41, 5.74) is 0. The summed E-state index contributed by atoms with van der Waals surface area (Å²) in [6.45, 7) is 2.18. The lowest BCUT2D eigenvalue weighted by atomic mass is 9.85. The van der Waals surface area contributed by atoms with Crippen molar-refractivity contribution in [3.05, 3.63) is 0 Å². The van der Waals surface area contributed by atoms with E-state index in [2.05, 4.69) is 6.92 Å². The third-order valence-corrected chi connectivity index (χ3v) is 3.41. The van der Waals surface area contributed by atoms with Gasteiger partial charge in [0.25, 0.3) is 0 Å². The highest BCUT2D eigenvalue weighted by Crippen LogP contribution is 2.47. The largest absolute Gasteiger partial charge is 0.299 e. The second-order valence-corrected chi connectivity index (χ2v) is 4.07. The quantitative estimate of drug-likeness (QED) is 0.593. The second-order valence-electron chi connectivity index (χ2n) is 4.07. The highest BCUT2D eigenvalue weighted by Gasteiger charge is 2.45. The van der Waals surface area contributed by atoms with Crippen LogP contribution in [0.5, 0.6) is 0 Å². The average Bonchev–Trinajstić information content (AvgIpc) is 2.54. The maximum atomic E-state index is 11.6. The highest BCUT2D eigenvalue weighted by atomic mass is 16.1. The number of rotatable bonds is 2. The van der Waals surface area contributed by atoms with Gasteiger partial charge < -0.3 is 0 Å². The van der Waals surface area contributed by atoms with Gasteiger partial charge in [0.1, 0.15) is 5.78 Å². The van der Waals surface area contributed by atoms with Crippen molar-refractivity contribution in [2.75, 3.05) is 0 Å². The molecule has 0 saturated heterocycles. The Morgan fingerprint density at radius 1 is 1.45 bits per heavy atom. The average molecular weight is 152 g/mol. The summed E-state index contributed by atoms with van der Waals surface area (Å²) in [5.74, 6) is 2.34. The molecule has 0 aromatic carbocycles. The Kier molecular flexibility index (Phi) is 1.74. The minimum atomic E-state index is 0.471. The fraction of sp³-hybridized carbons (Fsp3) is 0.900. The van der Waals surface area contributed by atoms with Crippen molar-refractivity contribution >= 4 is 5.78 Å². The number of hydrogen-bond acceptors (Lipinski definition) is 1. The number of ketones is 1. The molecule has 0 N–H and O–H groups in total. The van der Waals surface area contributed by atoms with Crippen LogP contribution in [0.25, 0.3) is 0 Å². The molecule has 2 aliphatic carbocycles. The highest BCUT2D eigenvalue weighted by molar-refractivity contribution is 5.86. The predicted molar refractivity (Wildman–Crippen MR) is 44.2 cm³/mol. The molecular formula is C10H16O. The summed E-state index contributed by atoms with van der Waals surface area (Å²) in [6.07, 6.45) is 6.09. The molecule has 0 heterocycles. The minimum absolute atomic E-state index is 0.471. The zero-order valence-corrected chi connectivity index (χ0v) is 7.18. The van der Waals surface area contributed by atoms with Crippen molar-refractivity contribution in [2.45, 2.75) is 39.0 Å². The molecular weight excluding hydrogens is 136 g/mol. The fourth-order valence-corrected chi connectivity index (χ4v) is 2.86. The normalized spacial score (nSPS) is 41.9. The summed E-state index contributed by atoms with van der Waals surface area (Å²) in [5, 5.41) is 0. The molecule has 2 fully saturated rings. The maximum absolute atomic E-state index is 11.6. The first-order valence-corrected chi connectivity index (χ1v) is 4.86. The lowest BCUT2D eigenvalue weighted by Crippen LogP contribution is -2.21. The zero-order valence-electron chi connectivity index (χ0n) is 7.18. The summed E-state index contributed by atoms with van der Waals surface area (Å²) in [6, 6.07) is 0. The molecule has 11 heavy (non-hydrogen) atoms. The molecule has 0 amide bonds. The van der Waals surface area contributed by atoms with E-state index in [-0.39, 0.29) is 0 Å². The third kappa shape index (κ3) is 1.02. The molecule has 2 saturated carbocycles. The van der Waals surface area contributed by atoms with E-state index in [0.29, 0.717) is 17.6 Å². The predicted octanol–water partition coefficient (Wildman–Crippen LogP) is 2.40. The molecule has 0 aliphatic heterocycles. The smallest absolute Gasteiger partial charge is 0.139 e. The van der Waals surface area contributed by atoms with Crippen LogP contribution in [0.1, 0.15) is 39.0 Å². The lowest BCUT2D eigenvalue weighted by Gasteiger charge is -2.19. The van der Waals surface area contributed by atoms with Gasteiger partial charge in [0.2, 0.25) is 0 Å². The van der Waals surface area contributed by atoms with Crippen molar-refractivity contribution in [3.8, 4) is 0 Å². The van der Waals surface area contributed by atoms with Gasteiger partial charge in [-0.05, 0) is 31.6 Å². The third-order valence-electron chi connectivity index (χ3n) is 3.41. The standard InChI is InChI=1S/C10H16O/c1-2-3-9-7-4-5-8(6-7)10(9)11/h7-9H,2-6H2,1H3. The molecule has 2 bridgehead atoms. The van der Waals surface area contributed by atoms with Crippen LogP contribution in [0, 0.1) is 17.8 Å². The monoisotopic (exact) mass is 152 g/mol. The number of hydrogen-bond donors (Lipinski definition) is 0. The summed E-state index contributed by atoms with van der Waals surface area (Å²) >= 11 is 0. The molecule has 0 spiro atoms. The van der Waals surface area contributed by atoms with Gasteiger partial charge in [-0.3, -0.25) is 4.79 Å².